The van der Waals surface area contributed by atoms with Gasteiger partial charge in [-0.25, -0.2) is 4.79 Å². The Morgan fingerprint density at radius 3 is 2.48 bits per heavy atom. The molecule has 2 amide bonds. The lowest BCUT2D eigenvalue weighted by atomic mass is 9.79. The Morgan fingerprint density at radius 1 is 1.19 bits per heavy atom. The first-order chi connectivity index (χ1) is 12.7. The number of imide groups is 1. The average Bonchev–Trinajstić information content (AvgIpc) is 2.62. The number of benzene rings is 2. The lowest BCUT2D eigenvalue weighted by Gasteiger charge is -2.34. The number of carbonyl (C=O) groups is 2. The second-order valence-electron chi connectivity index (χ2n) is 6.77. The molecule has 0 aliphatic carbocycles. The van der Waals surface area contributed by atoms with Crippen LogP contribution < -0.4 is 5.32 Å². The Morgan fingerprint density at radius 2 is 1.85 bits per heavy atom. The van der Waals surface area contributed by atoms with E-state index in [1.54, 1.807) is 42.5 Å². The summed E-state index contributed by atoms with van der Waals surface area (Å²) >= 11 is 2.10. The van der Waals surface area contributed by atoms with Crippen molar-refractivity contribution < 1.29 is 24.5 Å². The van der Waals surface area contributed by atoms with Gasteiger partial charge in [0, 0.05) is 26.7 Å². The van der Waals surface area contributed by atoms with Gasteiger partial charge >= 0.3 is 6.09 Å². The first-order valence-electron chi connectivity index (χ1n) is 8.41. The normalized spacial score (nSPS) is 12.3. The summed E-state index contributed by atoms with van der Waals surface area (Å²) in [4.78, 5) is 24.5. The van der Waals surface area contributed by atoms with Crippen molar-refractivity contribution in [1.29, 1.82) is 0 Å². The Bertz CT molecular complexity index is 807. The van der Waals surface area contributed by atoms with Crippen molar-refractivity contribution in [2.45, 2.75) is 26.4 Å². The Labute approximate surface area is 171 Å². The van der Waals surface area contributed by atoms with Gasteiger partial charge in [0.05, 0.1) is 0 Å². The maximum absolute atomic E-state index is 12.4. The van der Waals surface area contributed by atoms with E-state index in [2.05, 4.69) is 27.9 Å². The standard InChI is InChI=1S/C20H22INO5/c1-20(2,10-11-23)17(15-12-14(21)8-9-16(15)24)27-19(26)22-18(25)13-6-4-3-5-7-13/h3-9,12,17,23-24H,10-11H2,1-2H3,(H,22,25,26)/t17-/m1/s1. The number of nitrogens with one attached hydrogen (secondary N) is 1. The highest BCUT2D eigenvalue weighted by molar-refractivity contribution is 14.1. The first kappa shape index (κ1) is 21.2. The number of amides is 2. The number of carbonyl (C=O) groups excluding carboxylic acids is 2. The maximum atomic E-state index is 12.4. The number of aromatic hydroxyl groups is 1. The Hall–Kier alpha value is -2.13. The van der Waals surface area contributed by atoms with Crippen LogP contribution in [0.2, 0.25) is 0 Å². The van der Waals surface area contributed by atoms with Crippen molar-refractivity contribution in [2.75, 3.05) is 6.61 Å². The third kappa shape index (κ3) is 5.67. The highest BCUT2D eigenvalue weighted by Crippen LogP contribution is 2.43. The number of alkyl carbamates (subject to hydrolysis) is 1. The molecule has 7 heteroatoms. The monoisotopic (exact) mass is 483 g/mol. The quantitative estimate of drug-likeness (QED) is 0.540. The second kappa shape index (κ2) is 9.18. The van der Waals surface area contributed by atoms with Gasteiger partial charge < -0.3 is 14.9 Å². The van der Waals surface area contributed by atoms with Crippen molar-refractivity contribution in [2.24, 2.45) is 5.41 Å². The van der Waals surface area contributed by atoms with Crippen LogP contribution in [-0.2, 0) is 4.74 Å². The zero-order chi connectivity index (χ0) is 20.0. The molecule has 0 fully saturated rings. The van der Waals surface area contributed by atoms with E-state index >= 15 is 0 Å². The van der Waals surface area contributed by atoms with Gasteiger partial charge in [0.1, 0.15) is 11.9 Å². The fraction of sp³-hybridized carbons (Fsp3) is 0.300. The van der Waals surface area contributed by atoms with Gasteiger partial charge in [-0.1, -0.05) is 32.0 Å². The highest BCUT2D eigenvalue weighted by Gasteiger charge is 2.36. The number of aliphatic hydroxyl groups excluding tert-OH is 1. The van der Waals surface area contributed by atoms with Crippen LogP contribution in [-0.4, -0.2) is 28.8 Å². The molecule has 0 saturated carbocycles. The summed E-state index contributed by atoms with van der Waals surface area (Å²) in [5.74, 6) is -0.597. The summed E-state index contributed by atoms with van der Waals surface area (Å²) in [5.41, 5.74) is 0.0736. The van der Waals surface area contributed by atoms with Gasteiger partial charge in [-0.2, -0.15) is 0 Å². The minimum atomic E-state index is -0.918. The number of phenols is 1. The first-order valence-corrected chi connectivity index (χ1v) is 9.49. The Balaban J connectivity index is 2.25. The summed E-state index contributed by atoms with van der Waals surface area (Å²) in [7, 11) is 0. The SMILES string of the molecule is CC(C)(CCO)[C@H](OC(=O)NC(=O)c1ccccc1)c1cc(I)ccc1O. The fourth-order valence-electron chi connectivity index (χ4n) is 2.69. The van der Waals surface area contributed by atoms with Crippen LogP contribution in [0.3, 0.4) is 0 Å². The van der Waals surface area contributed by atoms with E-state index in [1.165, 1.54) is 6.07 Å². The van der Waals surface area contributed by atoms with E-state index < -0.39 is 23.5 Å². The fourth-order valence-corrected chi connectivity index (χ4v) is 3.20. The van der Waals surface area contributed by atoms with Crippen molar-refractivity contribution in [3.05, 3.63) is 63.2 Å². The molecule has 0 aromatic heterocycles. The molecule has 6 nitrogen and oxygen atoms in total. The molecule has 0 unspecified atom stereocenters. The minimum absolute atomic E-state index is 0.0198. The van der Waals surface area contributed by atoms with Gasteiger partial charge in [0.25, 0.3) is 5.91 Å². The van der Waals surface area contributed by atoms with Gasteiger partial charge in [-0.3, -0.25) is 10.1 Å². The van der Waals surface area contributed by atoms with Crippen molar-refractivity contribution in [1.82, 2.24) is 5.32 Å². The highest BCUT2D eigenvalue weighted by atomic mass is 127. The predicted octanol–water partition coefficient (Wildman–Crippen LogP) is 4.01. The van der Waals surface area contributed by atoms with Crippen LogP contribution in [0, 0.1) is 8.99 Å². The molecule has 0 spiro atoms. The van der Waals surface area contributed by atoms with Crippen LogP contribution >= 0.6 is 22.6 Å². The smallest absolute Gasteiger partial charge is 0.414 e. The largest absolute Gasteiger partial charge is 0.508 e. The van der Waals surface area contributed by atoms with Crippen molar-refractivity contribution >= 4 is 34.6 Å². The van der Waals surface area contributed by atoms with Gasteiger partial charge in [-0.05, 0) is 59.3 Å². The third-order valence-corrected chi connectivity index (χ3v) is 4.89. The molecule has 0 bridgehead atoms. The van der Waals surface area contributed by atoms with Crippen molar-refractivity contribution in [3.63, 3.8) is 0 Å². The van der Waals surface area contributed by atoms with Gasteiger partial charge in [0.2, 0.25) is 0 Å². The zero-order valence-electron chi connectivity index (χ0n) is 15.1. The van der Waals surface area contributed by atoms with Gasteiger partial charge in [0.15, 0.2) is 0 Å². The summed E-state index contributed by atoms with van der Waals surface area (Å²) in [6, 6.07) is 13.3. The predicted molar refractivity (Wildman–Crippen MR) is 109 cm³/mol. The number of rotatable bonds is 6. The van der Waals surface area contributed by atoms with E-state index in [4.69, 9.17) is 4.74 Å². The molecular weight excluding hydrogens is 461 g/mol. The topological polar surface area (TPSA) is 95.9 Å². The summed E-state index contributed by atoms with van der Waals surface area (Å²) in [6.45, 7) is 3.53. The second-order valence-corrected chi connectivity index (χ2v) is 8.02. The number of ether oxygens (including phenoxy) is 1. The molecule has 27 heavy (non-hydrogen) atoms. The summed E-state index contributed by atoms with van der Waals surface area (Å²) in [6.07, 6.45) is -1.44. The van der Waals surface area contributed by atoms with E-state index in [9.17, 15) is 19.8 Å². The average molecular weight is 483 g/mol. The number of aliphatic hydroxyl groups is 1. The van der Waals surface area contributed by atoms with Crippen LogP contribution in [0.15, 0.2) is 48.5 Å². The molecule has 2 aromatic rings. The van der Waals surface area contributed by atoms with E-state index in [0.29, 0.717) is 17.5 Å². The number of hydrogen-bond donors (Lipinski definition) is 3. The minimum Gasteiger partial charge on any atom is -0.508 e. The van der Waals surface area contributed by atoms with Crippen LogP contribution in [0.5, 0.6) is 5.75 Å². The number of halogens is 1. The lowest BCUT2D eigenvalue weighted by molar-refractivity contribution is 0.00746. The molecule has 144 valence electrons. The summed E-state index contributed by atoms with van der Waals surface area (Å²) in [5, 5.41) is 21.8. The lowest BCUT2D eigenvalue weighted by Crippen LogP contribution is -2.36. The molecule has 2 rings (SSSR count). The molecule has 0 heterocycles. The molecule has 1 atom stereocenters. The molecule has 2 aromatic carbocycles. The molecule has 0 aliphatic heterocycles. The van der Waals surface area contributed by atoms with Crippen LogP contribution in [0.4, 0.5) is 4.79 Å². The molecule has 0 radical (unpaired) electrons. The zero-order valence-corrected chi connectivity index (χ0v) is 17.3. The van der Waals surface area contributed by atoms with Crippen LogP contribution in [0.25, 0.3) is 0 Å². The maximum Gasteiger partial charge on any atom is 0.414 e. The molecule has 0 saturated heterocycles. The molecular formula is C20H22INO5. The van der Waals surface area contributed by atoms with Crippen LogP contribution in [0.1, 0.15) is 42.3 Å². The van der Waals surface area contributed by atoms with E-state index in [0.717, 1.165) is 3.57 Å². The van der Waals surface area contributed by atoms with Gasteiger partial charge in [-0.15, -0.1) is 0 Å². The third-order valence-electron chi connectivity index (χ3n) is 4.21. The molecule has 3 N–H and O–H groups in total. The van der Waals surface area contributed by atoms with E-state index in [1.807, 2.05) is 13.8 Å². The Kier molecular flexibility index (Phi) is 7.20. The molecule has 0 aliphatic rings. The van der Waals surface area contributed by atoms with E-state index in [-0.39, 0.29) is 12.4 Å². The summed E-state index contributed by atoms with van der Waals surface area (Å²) < 4.78 is 6.39. The van der Waals surface area contributed by atoms with Crippen molar-refractivity contribution in [3.8, 4) is 5.75 Å². The number of hydrogen-bond acceptors (Lipinski definition) is 5. The number of phenolic OH excluding ortho intramolecular Hbond substituents is 1.